The molecule has 30 heavy (non-hydrogen) atoms. The van der Waals surface area contributed by atoms with Crippen molar-refractivity contribution in [3.8, 4) is 0 Å². The van der Waals surface area contributed by atoms with Gasteiger partial charge in [0, 0.05) is 0 Å². The molecule has 4 rings (SSSR count). The molecule has 0 aromatic heterocycles. The molecule has 4 aliphatic carbocycles. The molecule has 0 amide bonds. The van der Waals surface area contributed by atoms with Crippen LogP contribution in [0.3, 0.4) is 0 Å². The monoisotopic (exact) mass is 416 g/mol. The molecule has 0 aromatic rings. The smallest absolute Gasteiger partial charge is 0.309 e. The molecular weight excluding hydrogens is 368 g/mol. The summed E-state index contributed by atoms with van der Waals surface area (Å²) in [5, 5.41) is 9.43. The predicted molar refractivity (Wildman–Crippen MR) is 124 cm³/mol. The lowest BCUT2D eigenvalue weighted by Crippen LogP contribution is -2.53. The van der Waals surface area contributed by atoms with E-state index in [-0.39, 0.29) is 0 Å². The Morgan fingerprint density at radius 2 is 1.70 bits per heavy atom. The molecule has 0 aliphatic heterocycles. The van der Waals surface area contributed by atoms with Gasteiger partial charge in [-0.15, -0.1) is 0 Å². The van der Waals surface area contributed by atoms with Gasteiger partial charge in [-0.3, -0.25) is 4.79 Å². The summed E-state index contributed by atoms with van der Waals surface area (Å²) in [6.07, 6.45) is 17.9. The van der Waals surface area contributed by atoms with E-state index >= 15 is 0 Å². The van der Waals surface area contributed by atoms with Crippen molar-refractivity contribution in [3.05, 3.63) is 0 Å². The molecule has 4 aliphatic rings. The number of carbonyl (C=O) groups is 1. The van der Waals surface area contributed by atoms with E-state index in [9.17, 15) is 9.90 Å². The van der Waals surface area contributed by atoms with Crippen LogP contribution in [0.5, 0.6) is 0 Å². The standard InChI is InChI=1S/C28H48O2/c1-19(9-8-16-26(2,3)25(29)30)22-13-14-23-21-12-11-20-10-6-7-17-27(20,4)24(21)15-18-28(22,23)5/h19-24H,6-18H2,1-5H3,(H,29,30)/t19-,20?,21+,22-,23+,24+,27+,28-/m1/s1. The molecule has 0 bridgehead atoms. The van der Waals surface area contributed by atoms with Gasteiger partial charge in [0.05, 0.1) is 5.41 Å². The Bertz CT molecular complexity index is 639. The highest BCUT2D eigenvalue weighted by Gasteiger charge is 2.60. The lowest BCUT2D eigenvalue weighted by molar-refractivity contribution is -0.147. The molecule has 0 aromatic carbocycles. The Balaban J connectivity index is 1.42. The first-order chi connectivity index (χ1) is 14.1. The Hall–Kier alpha value is -0.530. The summed E-state index contributed by atoms with van der Waals surface area (Å²) in [6.45, 7) is 11.6. The molecule has 4 fully saturated rings. The highest BCUT2D eigenvalue weighted by atomic mass is 16.4. The lowest BCUT2D eigenvalue weighted by Gasteiger charge is -2.61. The number of fused-ring (bicyclic) bond motifs is 5. The van der Waals surface area contributed by atoms with Gasteiger partial charge in [0.25, 0.3) is 0 Å². The zero-order valence-electron chi connectivity index (χ0n) is 20.5. The van der Waals surface area contributed by atoms with Gasteiger partial charge in [-0.05, 0) is 118 Å². The third-order valence-corrected chi connectivity index (χ3v) is 11.4. The van der Waals surface area contributed by atoms with Gasteiger partial charge < -0.3 is 5.11 Å². The van der Waals surface area contributed by atoms with Gasteiger partial charge in [-0.1, -0.05) is 46.5 Å². The summed E-state index contributed by atoms with van der Waals surface area (Å²) in [7, 11) is 0. The zero-order valence-corrected chi connectivity index (χ0v) is 20.5. The number of aliphatic carboxylic acids is 1. The Labute approximate surface area is 186 Å². The minimum atomic E-state index is -0.645. The maximum absolute atomic E-state index is 11.5. The summed E-state index contributed by atoms with van der Waals surface area (Å²) in [5.74, 6) is 4.92. The van der Waals surface area contributed by atoms with Crippen LogP contribution in [0.1, 0.15) is 118 Å². The van der Waals surface area contributed by atoms with E-state index in [1.807, 2.05) is 13.8 Å². The van der Waals surface area contributed by atoms with Gasteiger partial charge in [0.15, 0.2) is 0 Å². The van der Waals surface area contributed by atoms with Crippen LogP contribution >= 0.6 is 0 Å². The first-order valence-electron chi connectivity index (χ1n) is 13.3. The molecule has 172 valence electrons. The topological polar surface area (TPSA) is 37.3 Å². The van der Waals surface area contributed by atoms with E-state index in [0.717, 1.165) is 48.3 Å². The summed E-state index contributed by atoms with van der Waals surface area (Å²) in [4.78, 5) is 11.5. The number of carboxylic acid groups (broad SMARTS) is 1. The van der Waals surface area contributed by atoms with Gasteiger partial charge >= 0.3 is 5.97 Å². The molecular formula is C28H48O2. The van der Waals surface area contributed by atoms with E-state index in [0.29, 0.717) is 10.8 Å². The fraction of sp³-hybridized carbons (Fsp3) is 0.964. The Kier molecular flexibility index (Phi) is 6.12. The zero-order chi connectivity index (χ0) is 21.7. The van der Waals surface area contributed by atoms with Gasteiger partial charge in [-0.25, -0.2) is 0 Å². The molecule has 1 N–H and O–H groups in total. The predicted octanol–water partition coefficient (Wildman–Crippen LogP) is 7.95. The van der Waals surface area contributed by atoms with E-state index in [4.69, 9.17) is 0 Å². The Morgan fingerprint density at radius 1 is 0.967 bits per heavy atom. The second-order valence-electron chi connectivity index (χ2n) is 13.2. The number of hydrogen-bond acceptors (Lipinski definition) is 1. The average Bonchev–Trinajstić information content (AvgIpc) is 3.04. The minimum Gasteiger partial charge on any atom is -0.481 e. The van der Waals surface area contributed by atoms with Gasteiger partial charge in [0.1, 0.15) is 0 Å². The van der Waals surface area contributed by atoms with Crippen LogP contribution in [0.15, 0.2) is 0 Å². The average molecular weight is 417 g/mol. The Morgan fingerprint density at radius 3 is 2.43 bits per heavy atom. The first kappa shape index (κ1) is 22.7. The third kappa shape index (κ3) is 3.66. The minimum absolute atomic E-state index is 0.542. The molecule has 4 saturated carbocycles. The fourth-order valence-corrected chi connectivity index (χ4v) is 9.44. The normalized spacial score (nSPS) is 44.6. The SMILES string of the molecule is C[C@H](CCCC(C)(C)C(=O)O)[C@H]1CC[C@H]2[C@@H]3CCC4CCCC[C@]4(C)[C@H]3CC[C@]12C. The van der Waals surface area contributed by atoms with Crippen LogP contribution in [-0.2, 0) is 4.79 Å². The second-order valence-corrected chi connectivity index (χ2v) is 13.2. The van der Waals surface area contributed by atoms with Crippen molar-refractivity contribution in [1.82, 2.24) is 0 Å². The summed E-state index contributed by atoms with van der Waals surface area (Å²) < 4.78 is 0. The molecule has 0 spiro atoms. The molecule has 1 unspecified atom stereocenters. The van der Waals surface area contributed by atoms with Crippen LogP contribution in [0.4, 0.5) is 0 Å². The number of carboxylic acids is 1. The molecule has 0 radical (unpaired) electrons. The maximum Gasteiger partial charge on any atom is 0.309 e. The molecule has 0 heterocycles. The first-order valence-corrected chi connectivity index (χ1v) is 13.3. The highest BCUT2D eigenvalue weighted by molar-refractivity contribution is 5.73. The van der Waals surface area contributed by atoms with Crippen molar-refractivity contribution in [1.29, 1.82) is 0 Å². The van der Waals surface area contributed by atoms with E-state index < -0.39 is 11.4 Å². The maximum atomic E-state index is 11.5. The molecule has 8 atom stereocenters. The van der Waals surface area contributed by atoms with Crippen LogP contribution < -0.4 is 0 Å². The molecule has 2 heteroatoms. The van der Waals surface area contributed by atoms with E-state index in [2.05, 4.69) is 20.8 Å². The van der Waals surface area contributed by atoms with Gasteiger partial charge in [0.2, 0.25) is 0 Å². The largest absolute Gasteiger partial charge is 0.481 e. The van der Waals surface area contributed by atoms with Crippen molar-refractivity contribution >= 4 is 5.97 Å². The van der Waals surface area contributed by atoms with Crippen LogP contribution in [0.25, 0.3) is 0 Å². The summed E-state index contributed by atoms with van der Waals surface area (Å²) in [6, 6.07) is 0. The molecule has 0 saturated heterocycles. The van der Waals surface area contributed by atoms with Crippen molar-refractivity contribution in [2.45, 2.75) is 118 Å². The fourth-order valence-electron chi connectivity index (χ4n) is 9.44. The van der Waals surface area contributed by atoms with Gasteiger partial charge in [-0.2, -0.15) is 0 Å². The number of hydrogen-bond donors (Lipinski definition) is 1. The van der Waals surface area contributed by atoms with Crippen molar-refractivity contribution in [3.63, 3.8) is 0 Å². The van der Waals surface area contributed by atoms with E-state index in [1.165, 1.54) is 70.6 Å². The quantitative estimate of drug-likeness (QED) is 0.477. The lowest BCUT2D eigenvalue weighted by atomic mass is 9.44. The van der Waals surface area contributed by atoms with Crippen LogP contribution in [0.2, 0.25) is 0 Å². The summed E-state index contributed by atoms with van der Waals surface area (Å²) >= 11 is 0. The van der Waals surface area contributed by atoms with E-state index in [1.54, 1.807) is 0 Å². The number of rotatable bonds is 6. The summed E-state index contributed by atoms with van der Waals surface area (Å²) in [5.41, 5.74) is 0.614. The molecule has 2 nitrogen and oxygen atoms in total. The van der Waals surface area contributed by atoms with Crippen LogP contribution in [-0.4, -0.2) is 11.1 Å². The van der Waals surface area contributed by atoms with Crippen molar-refractivity contribution in [2.24, 2.45) is 51.8 Å². The van der Waals surface area contributed by atoms with Crippen molar-refractivity contribution in [2.75, 3.05) is 0 Å². The second kappa shape index (κ2) is 8.11. The highest BCUT2D eigenvalue weighted by Crippen LogP contribution is 2.68. The van der Waals surface area contributed by atoms with Crippen molar-refractivity contribution < 1.29 is 9.90 Å². The van der Waals surface area contributed by atoms with Crippen LogP contribution in [0, 0.1) is 51.8 Å². The third-order valence-electron chi connectivity index (χ3n) is 11.4.